The fourth-order valence-corrected chi connectivity index (χ4v) is 3.72. The Bertz CT molecular complexity index is 505. The predicted octanol–water partition coefficient (Wildman–Crippen LogP) is 4.69. The molecule has 2 fully saturated rings. The molecule has 125 valence electrons. The monoisotopic (exact) mass is 314 g/mol. The van der Waals surface area contributed by atoms with Gasteiger partial charge in [-0.3, -0.25) is 0 Å². The van der Waals surface area contributed by atoms with E-state index in [1.54, 1.807) is 0 Å². The van der Waals surface area contributed by atoms with Crippen LogP contribution in [0.25, 0.3) is 0 Å². The van der Waals surface area contributed by atoms with Crippen LogP contribution in [0.5, 0.6) is 0 Å². The minimum Gasteiger partial charge on any atom is -0.381 e. The third-order valence-electron chi connectivity index (χ3n) is 5.02. The van der Waals surface area contributed by atoms with Gasteiger partial charge in [-0.25, -0.2) is 4.79 Å². The van der Waals surface area contributed by atoms with Crippen LogP contribution in [0.3, 0.4) is 0 Å². The van der Waals surface area contributed by atoms with Crippen molar-refractivity contribution >= 4 is 17.4 Å². The van der Waals surface area contributed by atoms with Gasteiger partial charge in [0.2, 0.25) is 0 Å². The van der Waals surface area contributed by atoms with E-state index in [0.717, 1.165) is 24.2 Å². The van der Waals surface area contributed by atoms with Crippen molar-refractivity contribution in [1.82, 2.24) is 5.32 Å². The molecule has 0 spiro atoms. The summed E-state index contributed by atoms with van der Waals surface area (Å²) in [6, 6.07) is 9.57. The smallest absolute Gasteiger partial charge is 0.319 e. The fourth-order valence-electron chi connectivity index (χ4n) is 3.72. The van der Waals surface area contributed by atoms with Crippen LogP contribution in [0.2, 0.25) is 0 Å². The van der Waals surface area contributed by atoms with E-state index in [0.29, 0.717) is 12.1 Å². The number of nitrogens with one attached hydrogen (secondary N) is 3. The van der Waals surface area contributed by atoms with E-state index in [2.05, 4.69) is 22.0 Å². The lowest BCUT2D eigenvalue weighted by atomic mass is 9.95. The van der Waals surface area contributed by atoms with Gasteiger partial charge in [0.05, 0.1) is 11.4 Å². The Morgan fingerprint density at radius 2 is 1.57 bits per heavy atom. The molecule has 2 aliphatic carbocycles. The molecule has 4 heteroatoms. The molecule has 4 nitrogen and oxygen atoms in total. The highest BCUT2D eigenvalue weighted by atomic mass is 16.2. The molecule has 0 atom stereocenters. The van der Waals surface area contributed by atoms with Crippen molar-refractivity contribution in [2.75, 3.05) is 10.6 Å². The van der Waals surface area contributed by atoms with Crippen LogP contribution in [-0.4, -0.2) is 18.1 Å². The molecule has 23 heavy (non-hydrogen) atoms. The van der Waals surface area contributed by atoms with Gasteiger partial charge in [-0.15, -0.1) is 0 Å². The molecule has 3 N–H and O–H groups in total. The molecule has 0 aliphatic heterocycles. The minimum absolute atomic E-state index is 0.0943. The molecule has 0 saturated heterocycles. The van der Waals surface area contributed by atoms with Crippen LogP contribution in [0.4, 0.5) is 16.2 Å². The lowest BCUT2D eigenvalue weighted by Crippen LogP contribution is -2.39. The van der Waals surface area contributed by atoms with Crippen LogP contribution >= 0.6 is 0 Å². The summed E-state index contributed by atoms with van der Waals surface area (Å²) >= 11 is 0. The first-order valence-electron chi connectivity index (χ1n) is 9.15. The molecular weight excluding hydrogens is 286 g/mol. The zero-order chi connectivity index (χ0) is 15.9. The number of benzene rings is 1. The number of anilines is 2. The number of rotatable bonds is 4. The van der Waals surface area contributed by atoms with Crippen molar-refractivity contribution in [2.45, 2.75) is 76.3 Å². The lowest BCUT2D eigenvalue weighted by Gasteiger charge is -2.26. The Morgan fingerprint density at radius 1 is 0.913 bits per heavy atom. The summed E-state index contributed by atoms with van der Waals surface area (Å²) in [7, 11) is 0. The van der Waals surface area contributed by atoms with Gasteiger partial charge in [0.1, 0.15) is 0 Å². The second kappa shape index (κ2) is 8.23. The van der Waals surface area contributed by atoms with Gasteiger partial charge < -0.3 is 16.0 Å². The van der Waals surface area contributed by atoms with Gasteiger partial charge in [-0.05, 0) is 43.9 Å². The summed E-state index contributed by atoms with van der Waals surface area (Å²) in [5, 5.41) is 9.71. The second-order valence-electron chi connectivity index (χ2n) is 6.88. The van der Waals surface area contributed by atoms with Gasteiger partial charge in [0.25, 0.3) is 0 Å². The number of hydrogen-bond acceptors (Lipinski definition) is 2. The zero-order valence-electron chi connectivity index (χ0n) is 13.9. The minimum atomic E-state index is -0.0943. The Labute approximate surface area is 139 Å². The summed E-state index contributed by atoms with van der Waals surface area (Å²) in [4.78, 5) is 12.3. The topological polar surface area (TPSA) is 53.2 Å². The number of carbonyl (C=O) groups is 1. The zero-order valence-corrected chi connectivity index (χ0v) is 13.9. The average Bonchev–Trinajstić information content (AvgIpc) is 2.58. The Hall–Kier alpha value is -1.71. The normalized spacial score (nSPS) is 20.0. The van der Waals surface area contributed by atoms with E-state index < -0.39 is 0 Å². The third kappa shape index (κ3) is 4.88. The SMILES string of the molecule is O=C(Nc1c[c]ccc1NC1CCCCC1)NC1CCCCC1. The molecule has 0 bridgehead atoms. The highest BCUT2D eigenvalue weighted by molar-refractivity contribution is 5.93. The first-order valence-corrected chi connectivity index (χ1v) is 9.15. The van der Waals surface area contributed by atoms with Crippen LogP contribution in [0.15, 0.2) is 18.2 Å². The number of urea groups is 1. The molecule has 2 saturated carbocycles. The molecule has 1 aromatic carbocycles. The van der Waals surface area contributed by atoms with Crippen LogP contribution in [-0.2, 0) is 0 Å². The first-order chi connectivity index (χ1) is 11.3. The summed E-state index contributed by atoms with van der Waals surface area (Å²) in [5.41, 5.74) is 1.83. The molecule has 2 amide bonds. The maximum absolute atomic E-state index is 12.3. The van der Waals surface area contributed by atoms with Crippen molar-refractivity contribution in [3.05, 3.63) is 24.3 Å². The molecule has 1 aromatic rings. The Morgan fingerprint density at radius 3 is 2.26 bits per heavy atom. The number of amides is 2. The standard InChI is InChI=1S/C19H28N3O/c23-19(21-16-11-5-2-6-12-16)22-18-14-8-7-13-17(18)20-15-9-3-1-4-10-15/h7,13-16,20H,1-6,9-12H2,(H2,21,22,23). The van der Waals surface area contributed by atoms with Crippen molar-refractivity contribution in [1.29, 1.82) is 0 Å². The molecule has 0 unspecified atom stereocenters. The first kappa shape index (κ1) is 16.2. The summed E-state index contributed by atoms with van der Waals surface area (Å²) in [5.74, 6) is 0. The van der Waals surface area contributed by atoms with E-state index >= 15 is 0 Å². The van der Waals surface area contributed by atoms with Crippen LogP contribution < -0.4 is 16.0 Å². The quantitative estimate of drug-likeness (QED) is 0.755. The molecule has 0 heterocycles. The molecule has 2 aliphatic rings. The average molecular weight is 314 g/mol. The summed E-state index contributed by atoms with van der Waals surface area (Å²) in [6.45, 7) is 0. The highest BCUT2D eigenvalue weighted by Crippen LogP contribution is 2.26. The molecular formula is C19H28N3O. The van der Waals surface area contributed by atoms with Crippen molar-refractivity contribution in [3.63, 3.8) is 0 Å². The molecule has 1 radical (unpaired) electrons. The maximum Gasteiger partial charge on any atom is 0.319 e. The highest BCUT2D eigenvalue weighted by Gasteiger charge is 2.17. The largest absolute Gasteiger partial charge is 0.381 e. The van der Waals surface area contributed by atoms with Gasteiger partial charge in [-0.1, -0.05) is 44.6 Å². The second-order valence-corrected chi connectivity index (χ2v) is 6.88. The van der Waals surface area contributed by atoms with Crippen molar-refractivity contribution in [3.8, 4) is 0 Å². The Kier molecular flexibility index (Phi) is 5.78. The van der Waals surface area contributed by atoms with Gasteiger partial charge in [-0.2, -0.15) is 0 Å². The van der Waals surface area contributed by atoms with Crippen LogP contribution in [0.1, 0.15) is 64.2 Å². The van der Waals surface area contributed by atoms with E-state index in [4.69, 9.17) is 0 Å². The van der Waals surface area contributed by atoms with Crippen LogP contribution in [0, 0.1) is 6.07 Å². The number of hydrogen-bond donors (Lipinski definition) is 3. The van der Waals surface area contributed by atoms with E-state index in [1.165, 1.54) is 51.4 Å². The van der Waals surface area contributed by atoms with Crippen molar-refractivity contribution < 1.29 is 4.79 Å². The van der Waals surface area contributed by atoms with Gasteiger partial charge >= 0.3 is 6.03 Å². The van der Waals surface area contributed by atoms with Gasteiger partial charge in [0.15, 0.2) is 0 Å². The van der Waals surface area contributed by atoms with Crippen molar-refractivity contribution in [2.24, 2.45) is 0 Å². The third-order valence-corrected chi connectivity index (χ3v) is 5.02. The Balaban J connectivity index is 1.57. The summed E-state index contributed by atoms with van der Waals surface area (Å²) in [6.07, 6.45) is 12.3. The van der Waals surface area contributed by atoms with E-state index in [1.807, 2.05) is 18.2 Å². The lowest BCUT2D eigenvalue weighted by molar-refractivity contribution is 0.244. The van der Waals surface area contributed by atoms with Gasteiger partial charge in [0, 0.05) is 12.1 Å². The number of carbonyl (C=O) groups excluding carboxylic acids is 1. The fraction of sp³-hybridized carbons (Fsp3) is 0.632. The summed E-state index contributed by atoms with van der Waals surface area (Å²) < 4.78 is 0. The molecule has 0 aromatic heterocycles. The molecule has 3 rings (SSSR count). The van der Waals surface area contributed by atoms with E-state index in [-0.39, 0.29) is 6.03 Å². The maximum atomic E-state index is 12.3. The predicted molar refractivity (Wildman–Crippen MR) is 94.8 cm³/mol. The van der Waals surface area contributed by atoms with E-state index in [9.17, 15) is 4.79 Å².